The Morgan fingerprint density at radius 2 is 2.11 bits per heavy atom. The fourth-order valence-corrected chi connectivity index (χ4v) is 2.26. The highest BCUT2D eigenvalue weighted by atomic mass is 16.4. The van der Waals surface area contributed by atoms with Crippen molar-refractivity contribution in [2.45, 2.75) is 45.6 Å². The second-order valence-corrected chi connectivity index (χ2v) is 6.26. The molecule has 1 aliphatic rings. The second kappa shape index (κ2) is 5.33. The molecule has 0 amide bonds. The van der Waals surface area contributed by atoms with Crippen LogP contribution in [0.4, 0.5) is 0 Å². The zero-order valence-corrected chi connectivity index (χ0v) is 11.8. The number of hydrogen-bond acceptors (Lipinski definition) is 4. The molecule has 106 valence electrons. The lowest BCUT2D eigenvalue weighted by Gasteiger charge is -2.28. The van der Waals surface area contributed by atoms with E-state index in [2.05, 4.69) is 30.7 Å². The SMILES string of the molecule is CC(C)(C)c1cnc(CN2CCC(C(=O)O)CC2)o1. The lowest BCUT2D eigenvalue weighted by molar-refractivity contribution is -0.143. The van der Waals surface area contributed by atoms with Crippen LogP contribution in [-0.2, 0) is 16.8 Å². The minimum atomic E-state index is -0.675. The Labute approximate surface area is 113 Å². The molecular weight excluding hydrogens is 244 g/mol. The fraction of sp³-hybridized carbons (Fsp3) is 0.714. The first-order chi connectivity index (χ1) is 8.86. The van der Waals surface area contributed by atoms with Crippen molar-refractivity contribution in [3.8, 4) is 0 Å². The van der Waals surface area contributed by atoms with Gasteiger partial charge in [0.25, 0.3) is 0 Å². The summed E-state index contributed by atoms with van der Waals surface area (Å²) in [6.07, 6.45) is 3.21. The summed E-state index contributed by atoms with van der Waals surface area (Å²) >= 11 is 0. The van der Waals surface area contributed by atoms with Gasteiger partial charge in [0, 0.05) is 5.41 Å². The summed E-state index contributed by atoms with van der Waals surface area (Å²) in [7, 11) is 0. The number of rotatable bonds is 3. The third kappa shape index (κ3) is 3.56. The predicted octanol–water partition coefficient (Wildman–Crippen LogP) is 2.27. The average Bonchev–Trinajstić information content (AvgIpc) is 2.78. The summed E-state index contributed by atoms with van der Waals surface area (Å²) in [5.41, 5.74) is -0.0262. The van der Waals surface area contributed by atoms with Crippen molar-refractivity contribution in [2.75, 3.05) is 13.1 Å². The van der Waals surface area contributed by atoms with Gasteiger partial charge in [-0.15, -0.1) is 0 Å². The fourth-order valence-electron chi connectivity index (χ4n) is 2.26. The molecule has 2 rings (SSSR count). The van der Waals surface area contributed by atoms with E-state index in [0.29, 0.717) is 19.4 Å². The molecule has 1 aromatic rings. The van der Waals surface area contributed by atoms with Crippen LogP contribution < -0.4 is 0 Å². The number of piperidine rings is 1. The quantitative estimate of drug-likeness (QED) is 0.909. The molecule has 1 fully saturated rings. The van der Waals surface area contributed by atoms with Crippen LogP contribution in [0.25, 0.3) is 0 Å². The molecule has 0 aliphatic carbocycles. The van der Waals surface area contributed by atoms with Gasteiger partial charge >= 0.3 is 5.97 Å². The Morgan fingerprint density at radius 1 is 1.47 bits per heavy atom. The minimum absolute atomic E-state index is 0.0262. The molecule has 1 aromatic heterocycles. The number of likely N-dealkylation sites (tertiary alicyclic amines) is 1. The van der Waals surface area contributed by atoms with Gasteiger partial charge in [-0.1, -0.05) is 20.8 Å². The summed E-state index contributed by atoms with van der Waals surface area (Å²) in [6.45, 7) is 8.54. The molecule has 0 spiro atoms. The maximum Gasteiger partial charge on any atom is 0.306 e. The number of aromatic nitrogens is 1. The zero-order valence-electron chi connectivity index (χ0n) is 11.8. The maximum atomic E-state index is 10.9. The zero-order chi connectivity index (χ0) is 14.0. The third-order valence-corrected chi connectivity index (χ3v) is 3.59. The van der Waals surface area contributed by atoms with E-state index in [-0.39, 0.29) is 11.3 Å². The number of oxazole rings is 1. The van der Waals surface area contributed by atoms with Gasteiger partial charge in [0.1, 0.15) is 5.76 Å². The van der Waals surface area contributed by atoms with Crippen LogP contribution in [0, 0.1) is 5.92 Å². The molecule has 2 heterocycles. The van der Waals surface area contributed by atoms with Crippen LogP contribution in [0.2, 0.25) is 0 Å². The normalized spacial score (nSPS) is 18.7. The van der Waals surface area contributed by atoms with Crippen molar-refractivity contribution in [1.82, 2.24) is 9.88 Å². The van der Waals surface area contributed by atoms with E-state index in [1.165, 1.54) is 0 Å². The van der Waals surface area contributed by atoms with E-state index in [1.54, 1.807) is 6.20 Å². The Morgan fingerprint density at radius 3 is 2.58 bits per heavy atom. The van der Waals surface area contributed by atoms with Crippen molar-refractivity contribution in [3.63, 3.8) is 0 Å². The number of carboxylic acids is 1. The first-order valence-corrected chi connectivity index (χ1v) is 6.76. The van der Waals surface area contributed by atoms with Crippen molar-refractivity contribution < 1.29 is 14.3 Å². The highest BCUT2D eigenvalue weighted by molar-refractivity contribution is 5.70. The van der Waals surface area contributed by atoms with E-state index in [4.69, 9.17) is 9.52 Å². The number of carboxylic acid groups (broad SMARTS) is 1. The smallest absolute Gasteiger partial charge is 0.306 e. The lowest BCUT2D eigenvalue weighted by atomic mass is 9.94. The van der Waals surface area contributed by atoms with Crippen LogP contribution in [0.1, 0.15) is 45.3 Å². The molecule has 0 bridgehead atoms. The van der Waals surface area contributed by atoms with Crippen LogP contribution >= 0.6 is 0 Å². The Balaban J connectivity index is 1.89. The van der Waals surface area contributed by atoms with Crippen molar-refractivity contribution in [3.05, 3.63) is 17.8 Å². The Kier molecular flexibility index (Phi) is 3.94. The first-order valence-electron chi connectivity index (χ1n) is 6.76. The molecule has 0 unspecified atom stereocenters. The van der Waals surface area contributed by atoms with Gasteiger partial charge in [0.05, 0.1) is 18.7 Å². The van der Waals surface area contributed by atoms with Gasteiger partial charge in [-0.25, -0.2) is 4.98 Å². The number of carbonyl (C=O) groups is 1. The van der Waals surface area contributed by atoms with Gasteiger partial charge in [-0.3, -0.25) is 9.69 Å². The third-order valence-electron chi connectivity index (χ3n) is 3.59. The highest BCUT2D eigenvalue weighted by Gasteiger charge is 2.26. The molecule has 1 aliphatic heterocycles. The predicted molar refractivity (Wildman–Crippen MR) is 70.8 cm³/mol. The molecule has 19 heavy (non-hydrogen) atoms. The summed E-state index contributed by atoms with van der Waals surface area (Å²) in [4.78, 5) is 17.4. The standard InChI is InChI=1S/C14H22N2O3/c1-14(2,3)11-8-15-12(19-11)9-16-6-4-10(5-7-16)13(17)18/h8,10H,4-7,9H2,1-3H3,(H,17,18). The lowest BCUT2D eigenvalue weighted by Crippen LogP contribution is -2.35. The molecule has 1 N–H and O–H groups in total. The summed E-state index contributed by atoms with van der Waals surface area (Å²) in [6, 6.07) is 0. The van der Waals surface area contributed by atoms with Crippen LogP contribution in [0.5, 0.6) is 0 Å². The minimum Gasteiger partial charge on any atom is -0.481 e. The van der Waals surface area contributed by atoms with Gasteiger partial charge < -0.3 is 9.52 Å². The van der Waals surface area contributed by atoms with Gasteiger partial charge in [-0.2, -0.15) is 0 Å². The summed E-state index contributed by atoms with van der Waals surface area (Å²) in [5, 5.41) is 8.96. The average molecular weight is 266 g/mol. The van der Waals surface area contributed by atoms with Crippen LogP contribution in [-0.4, -0.2) is 34.0 Å². The van der Waals surface area contributed by atoms with E-state index in [9.17, 15) is 4.79 Å². The van der Waals surface area contributed by atoms with E-state index >= 15 is 0 Å². The Hall–Kier alpha value is -1.36. The van der Waals surface area contributed by atoms with Gasteiger partial charge in [0.2, 0.25) is 5.89 Å². The molecular formula is C14H22N2O3. The number of nitrogens with zero attached hydrogens (tertiary/aromatic N) is 2. The Bertz CT molecular complexity index is 440. The van der Waals surface area contributed by atoms with Crippen molar-refractivity contribution >= 4 is 5.97 Å². The van der Waals surface area contributed by atoms with E-state index < -0.39 is 5.97 Å². The number of hydrogen-bond donors (Lipinski definition) is 1. The molecule has 5 nitrogen and oxygen atoms in total. The van der Waals surface area contributed by atoms with Crippen molar-refractivity contribution in [2.24, 2.45) is 5.92 Å². The van der Waals surface area contributed by atoms with Gasteiger partial charge in [0.15, 0.2) is 0 Å². The van der Waals surface area contributed by atoms with E-state index in [1.807, 2.05) is 0 Å². The van der Waals surface area contributed by atoms with Crippen molar-refractivity contribution in [1.29, 1.82) is 0 Å². The largest absolute Gasteiger partial charge is 0.481 e. The summed E-state index contributed by atoms with van der Waals surface area (Å²) < 4.78 is 5.76. The highest BCUT2D eigenvalue weighted by Crippen LogP contribution is 2.24. The molecule has 0 aromatic carbocycles. The molecule has 0 radical (unpaired) electrons. The molecule has 0 atom stereocenters. The maximum absolute atomic E-state index is 10.9. The molecule has 1 saturated heterocycles. The molecule has 5 heteroatoms. The molecule has 0 saturated carbocycles. The van der Waals surface area contributed by atoms with Crippen LogP contribution in [0.3, 0.4) is 0 Å². The first kappa shape index (κ1) is 14.1. The monoisotopic (exact) mass is 266 g/mol. The topological polar surface area (TPSA) is 66.6 Å². The van der Waals surface area contributed by atoms with Crippen LogP contribution in [0.15, 0.2) is 10.6 Å². The van der Waals surface area contributed by atoms with E-state index in [0.717, 1.165) is 24.7 Å². The summed E-state index contributed by atoms with van der Waals surface area (Å²) in [5.74, 6) is 0.748. The number of aliphatic carboxylic acids is 1. The van der Waals surface area contributed by atoms with Gasteiger partial charge in [-0.05, 0) is 25.9 Å². The second-order valence-electron chi connectivity index (χ2n) is 6.26.